The molecule has 2 amide bonds. The lowest BCUT2D eigenvalue weighted by Crippen LogP contribution is -2.50. The summed E-state index contributed by atoms with van der Waals surface area (Å²) < 4.78 is 9.17. The molecule has 1 aromatic carbocycles. The summed E-state index contributed by atoms with van der Waals surface area (Å²) in [6.45, 7) is 1.35. The summed E-state index contributed by atoms with van der Waals surface area (Å²) in [5.41, 5.74) is 0.684. The van der Waals surface area contributed by atoms with E-state index in [4.69, 9.17) is 4.74 Å². The van der Waals surface area contributed by atoms with Crippen molar-refractivity contribution in [1.29, 1.82) is 0 Å². The minimum Gasteiger partial charge on any atom is -0.447 e. The Hall–Kier alpha value is -3.89. The SMILES string of the molecule is Cn1c(=O)c2c(ncn2CC(=O)N2CCC(N3C(=O)OC[C@H]3Cc3ccccc3)CC2)n(C)c1=O. The topological polar surface area (TPSA) is 112 Å². The van der Waals surface area contributed by atoms with Gasteiger partial charge in [-0.25, -0.2) is 14.6 Å². The molecule has 5 rings (SSSR count). The first kappa shape index (κ1) is 22.9. The molecule has 0 bridgehead atoms. The van der Waals surface area contributed by atoms with Crippen LogP contribution in [0, 0.1) is 0 Å². The predicted molar refractivity (Wildman–Crippen MR) is 127 cm³/mol. The van der Waals surface area contributed by atoms with E-state index in [9.17, 15) is 19.2 Å². The van der Waals surface area contributed by atoms with Crippen LogP contribution >= 0.6 is 0 Å². The number of hydrogen-bond acceptors (Lipinski definition) is 6. The van der Waals surface area contributed by atoms with Crippen LogP contribution in [-0.2, 0) is 36.6 Å². The fourth-order valence-electron chi connectivity index (χ4n) is 5.12. The molecule has 3 aromatic rings. The third kappa shape index (κ3) is 4.11. The molecule has 0 aliphatic carbocycles. The summed E-state index contributed by atoms with van der Waals surface area (Å²) in [7, 11) is 2.95. The normalized spacial score (nSPS) is 18.9. The zero-order valence-corrected chi connectivity index (χ0v) is 19.8. The highest BCUT2D eigenvalue weighted by Gasteiger charge is 2.39. The Bertz CT molecular complexity index is 1380. The number of likely N-dealkylation sites (tertiary alicyclic amines) is 1. The van der Waals surface area contributed by atoms with Crippen molar-refractivity contribution in [3.63, 3.8) is 0 Å². The molecule has 0 unspecified atom stereocenters. The van der Waals surface area contributed by atoms with Crippen LogP contribution in [0.15, 0.2) is 46.2 Å². The average molecular weight is 481 g/mol. The number of hydrogen-bond donors (Lipinski definition) is 0. The first-order valence-electron chi connectivity index (χ1n) is 11.7. The number of aryl methyl sites for hydroxylation is 1. The van der Waals surface area contributed by atoms with Crippen LogP contribution < -0.4 is 11.2 Å². The summed E-state index contributed by atoms with van der Waals surface area (Å²) in [5, 5.41) is 0. The molecule has 1 atom stereocenters. The number of benzene rings is 1. The van der Waals surface area contributed by atoms with E-state index in [1.165, 1.54) is 22.5 Å². The van der Waals surface area contributed by atoms with Crippen molar-refractivity contribution in [2.75, 3.05) is 19.7 Å². The number of ether oxygens (including phenoxy) is 1. The number of cyclic esters (lactones) is 1. The van der Waals surface area contributed by atoms with Gasteiger partial charge in [0.15, 0.2) is 11.2 Å². The number of carbonyl (C=O) groups excluding carboxylic acids is 2. The fourth-order valence-corrected chi connectivity index (χ4v) is 5.12. The Labute approximate surface area is 201 Å². The highest BCUT2D eigenvalue weighted by Crippen LogP contribution is 2.26. The molecule has 0 saturated carbocycles. The summed E-state index contributed by atoms with van der Waals surface area (Å²) in [6.07, 6.45) is 3.18. The van der Waals surface area contributed by atoms with E-state index in [1.807, 2.05) is 35.2 Å². The second-order valence-electron chi connectivity index (χ2n) is 9.19. The van der Waals surface area contributed by atoms with Gasteiger partial charge in [0, 0.05) is 33.2 Å². The number of fused-ring (bicyclic) bond motifs is 1. The van der Waals surface area contributed by atoms with Crippen molar-refractivity contribution in [1.82, 2.24) is 28.5 Å². The Morgan fingerprint density at radius 1 is 1.06 bits per heavy atom. The summed E-state index contributed by atoms with van der Waals surface area (Å²) in [4.78, 5) is 58.1. The zero-order valence-electron chi connectivity index (χ0n) is 19.8. The molecule has 35 heavy (non-hydrogen) atoms. The third-order valence-electron chi connectivity index (χ3n) is 7.05. The molecule has 2 fully saturated rings. The van der Waals surface area contributed by atoms with Crippen molar-refractivity contribution in [3.05, 3.63) is 63.1 Å². The molecular formula is C24H28N6O5. The second-order valence-corrected chi connectivity index (χ2v) is 9.19. The maximum absolute atomic E-state index is 13.0. The van der Waals surface area contributed by atoms with Crippen LogP contribution in [0.4, 0.5) is 4.79 Å². The molecule has 11 nitrogen and oxygen atoms in total. The Balaban J connectivity index is 1.25. The number of amides is 2. The van der Waals surface area contributed by atoms with Gasteiger partial charge in [-0.1, -0.05) is 30.3 Å². The van der Waals surface area contributed by atoms with Crippen LogP contribution in [0.3, 0.4) is 0 Å². The Morgan fingerprint density at radius 3 is 2.49 bits per heavy atom. The van der Waals surface area contributed by atoms with Gasteiger partial charge in [0.2, 0.25) is 5.91 Å². The largest absolute Gasteiger partial charge is 0.447 e. The molecule has 2 aliphatic heterocycles. The van der Waals surface area contributed by atoms with Crippen molar-refractivity contribution >= 4 is 23.2 Å². The van der Waals surface area contributed by atoms with Gasteiger partial charge in [-0.05, 0) is 24.8 Å². The van der Waals surface area contributed by atoms with E-state index in [2.05, 4.69) is 4.98 Å². The van der Waals surface area contributed by atoms with E-state index >= 15 is 0 Å². The van der Waals surface area contributed by atoms with Crippen molar-refractivity contribution in [2.45, 2.75) is 37.9 Å². The first-order chi connectivity index (χ1) is 16.8. The van der Waals surface area contributed by atoms with Crippen molar-refractivity contribution in [3.8, 4) is 0 Å². The third-order valence-corrected chi connectivity index (χ3v) is 7.05. The van der Waals surface area contributed by atoms with E-state index in [-0.39, 0.29) is 41.8 Å². The molecule has 11 heteroatoms. The average Bonchev–Trinajstić information content (AvgIpc) is 3.45. The number of imidazole rings is 1. The lowest BCUT2D eigenvalue weighted by molar-refractivity contribution is -0.133. The summed E-state index contributed by atoms with van der Waals surface area (Å²) in [6, 6.07) is 10.0. The maximum atomic E-state index is 13.0. The molecule has 184 valence electrons. The maximum Gasteiger partial charge on any atom is 0.410 e. The van der Waals surface area contributed by atoms with Gasteiger partial charge < -0.3 is 14.2 Å². The van der Waals surface area contributed by atoms with Gasteiger partial charge in [0.05, 0.1) is 12.4 Å². The van der Waals surface area contributed by atoms with Gasteiger partial charge in [-0.15, -0.1) is 0 Å². The van der Waals surface area contributed by atoms with Gasteiger partial charge in [-0.2, -0.15) is 0 Å². The van der Waals surface area contributed by atoms with Crippen molar-refractivity contribution < 1.29 is 14.3 Å². The molecule has 2 aromatic heterocycles. The second kappa shape index (κ2) is 9.05. The van der Waals surface area contributed by atoms with Crippen molar-refractivity contribution in [2.24, 2.45) is 14.1 Å². The molecule has 0 radical (unpaired) electrons. The molecule has 0 N–H and O–H groups in total. The monoisotopic (exact) mass is 480 g/mol. The van der Waals surface area contributed by atoms with Crippen LogP contribution in [-0.4, -0.2) is 72.3 Å². The Morgan fingerprint density at radius 2 is 1.77 bits per heavy atom. The van der Waals surface area contributed by atoms with Crippen LogP contribution in [0.5, 0.6) is 0 Å². The smallest absolute Gasteiger partial charge is 0.410 e. The Kier molecular flexibility index (Phi) is 5.91. The quantitative estimate of drug-likeness (QED) is 0.526. The van der Waals surface area contributed by atoms with E-state index in [0.29, 0.717) is 32.5 Å². The summed E-state index contributed by atoms with van der Waals surface area (Å²) in [5.74, 6) is -0.136. The summed E-state index contributed by atoms with van der Waals surface area (Å²) >= 11 is 0. The van der Waals surface area contributed by atoms with E-state index in [0.717, 1.165) is 16.6 Å². The van der Waals surface area contributed by atoms with E-state index in [1.54, 1.807) is 11.9 Å². The lowest BCUT2D eigenvalue weighted by atomic mass is 9.99. The first-order valence-corrected chi connectivity index (χ1v) is 11.7. The molecule has 4 heterocycles. The van der Waals surface area contributed by atoms with Crippen LogP contribution in [0.2, 0.25) is 0 Å². The van der Waals surface area contributed by atoms with Gasteiger partial charge >= 0.3 is 11.8 Å². The number of piperidine rings is 1. The molecule has 2 aliphatic rings. The standard InChI is InChI=1S/C24H28N6O5/c1-26-21-20(22(32)27(2)23(26)33)29(15-25-21)13-19(31)28-10-8-17(9-11-28)30-18(14-35-24(30)34)12-16-6-4-3-5-7-16/h3-7,15,17-18H,8-14H2,1-2H3/t18-/m1/s1. The van der Waals surface area contributed by atoms with Gasteiger partial charge in [0.1, 0.15) is 13.2 Å². The minimum atomic E-state index is -0.482. The number of carbonyl (C=O) groups is 2. The minimum absolute atomic E-state index is 0.0126. The fraction of sp³-hybridized carbons (Fsp3) is 0.458. The molecule has 2 saturated heterocycles. The zero-order chi connectivity index (χ0) is 24.7. The van der Waals surface area contributed by atoms with Gasteiger partial charge in [0.25, 0.3) is 5.56 Å². The number of nitrogens with zero attached hydrogens (tertiary/aromatic N) is 6. The predicted octanol–water partition coefficient (Wildman–Crippen LogP) is 0.488. The highest BCUT2D eigenvalue weighted by atomic mass is 16.6. The number of rotatable bonds is 5. The number of aromatic nitrogens is 4. The van der Waals surface area contributed by atoms with E-state index < -0.39 is 11.2 Å². The molecular weight excluding hydrogens is 452 g/mol. The van der Waals surface area contributed by atoms with Crippen LogP contribution in [0.25, 0.3) is 11.2 Å². The van der Waals surface area contributed by atoms with Crippen LogP contribution in [0.1, 0.15) is 18.4 Å². The molecule has 0 spiro atoms. The van der Waals surface area contributed by atoms with Gasteiger partial charge in [-0.3, -0.25) is 23.6 Å². The lowest BCUT2D eigenvalue weighted by Gasteiger charge is -2.38. The highest BCUT2D eigenvalue weighted by molar-refractivity contribution is 5.79.